The Kier molecular flexibility index (Phi) is 3.55. The van der Waals surface area contributed by atoms with Crippen LogP contribution in [-0.4, -0.2) is 45.0 Å². The van der Waals surface area contributed by atoms with E-state index in [0.29, 0.717) is 17.5 Å². The lowest BCUT2D eigenvalue weighted by atomic mass is 9.84. The number of methoxy groups -OCH3 is 1. The fourth-order valence-corrected chi connectivity index (χ4v) is 3.41. The summed E-state index contributed by atoms with van der Waals surface area (Å²) < 4.78 is 5.01. The van der Waals surface area contributed by atoms with Gasteiger partial charge < -0.3 is 10.1 Å². The molecular weight excluding hydrogens is 320 g/mol. The SMILES string of the molecule is COc1cnc(NC2CC(N3C(=O)C(C)(C)c4nccnc43)C2)cn1. The van der Waals surface area contributed by atoms with Crippen LogP contribution in [0.15, 0.2) is 24.8 Å². The molecule has 1 aliphatic heterocycles. The van der Waals surface area contributed by atoms with Crippen LogP contribution < -0.4 is 15.0 Å². The Hall–Kier alpha value is -2.77. The summed E-state index contributed by atoms with van der Waals surface area (Å²) in [4.78, 5) is 31.9. The third-order valence-corrected chi connectivity index (χ3v) is 4.92. The first-order valence-corrected chi connectivity index (χ1v) is 8.28. The van der Waals surface area contributed by atoms with Crippen molar-refractivity contribution in [3.63, 3.8) is 0 Å². The molecule has 0 bridgehead atoms. The maximum absolute atomic E-state index is 12.8. The van der Waals surface area contributed by atoms with E-state index in [0.717, 1.165) is 18.5 Å². The first kappa shape index (κ1) is 15.7. The van der Waals surface area contributed by atoms with E-state index in [1.165, 1.54) is 0 Å². The van der Waals surface area contributed by atoms with Gasteiger partial charge in [-0.3, -0.25) is 14.7 Å². The Labute approximate surface area is 145 Å². The predicted molar refractivity (Wildman–Crippen MR) is 91.6 cm³/mol. The van der Waals surface area contributed by atoms with Crippen LogP contribution in [0.4, 0.5) is 11.6 Å². The summed E-state index contributed by atoms with van der Waals surface area (Å²) in [5, 5.41) is 3.34. The fraction of sp³-hybridized carbons (Fsp3) is 0.471. The van der Waals surface area contributed by atoms with Crippen LogP contribution in [0, 0.1) is 0 Å². The molecule has 0 unspecified atom stereocenters. The molecule has 0 radical (unpaired) electrons. The van der Waals surface area contributed by atoms with Crippen LogP contribution in [0.5, 0.6) is 5.88 Å². The molecule has 1 saturated carbocycles. The van der Waals surface area contributed by atoms with Gasteiger partial charge in [0.2, 0.25) is 11.8 Å². The highest BCUT2D eigenvalue weighted by Gasteiger charge is 2.51. The summed E-state index contributed by atoms with van der Waals surface area (Å²) in [6.45, 7) is 3.81. The highest BCUT2D eigenvalue weighted by molar-refractivity contribution is 6.06. The Morgan fingerprint density at radius 2 is 1.92 bits per heavy atom. The van der Waals surface area contributed by atoms with Crippen molar-refractivity contribution in [2.45, 2.75) is 44.2 Å². The van der Waals surface area contributed by atoms with Gasteiger partial charge >= 0.3 is 0 Å². The molecule has 4 rings (SSSR count). The van der Waals surface area contributed by atoms with E-state index in [4.69, 9.17) is 4.74 Å². The van der Waals surface area contributed by atoms with Gasteiger partial charge in [-0.15, -0.1) is 0 Å². The molecule has 1 aliphatic carbocycles. The molecule has 0 saturated heterocycles. The van der Waals surface area contributed by atoms with Crippen LogP contribution in [0.2, 0.25) is 0 Å². The van der Waals surface area contributed by atoms with Crippen molar-refractivity contribution in [3.8, 4) is 5.88 Å². The highest BCUT2D eigenvalue weighted by Crippen LogP contribution is 2.43. The molecule has 1 N–H and O–H groups in total. The zero-order chi connectivity index (χ0) is 17.6. The number of ether oxygens (including phenoxy) is 1. The average molecular weight is 340 g/mol. The number of amides is 1. The molecule has 0 spiro atoms. The van der Waals surface area contributed by atoms with Crippen molar-refractivity contribution in [2.24, 2.45) is 0 Å². The Morgan fingerprint density at radius 3 is 2.60 bits per heavy atom. The van der Waals surface area contributed by atoms with Crippen molar-refractivity contribution in [2.75, 3.05) is 17.3 Å². The zero-order valence-corrected chi connectivity index (χ0v) is 14.4. The molecule has 2 aliphatic rings. The van der Waals surface area contributed by atoms with Crippen molar-refractivity contribution < 1.29 is 9.53 Å². The lowest BCUT2D eigenvalue weighted by molar-refractivity contribution is -0.123. The van der Waals surface area contributed by atoms with E-state index in [1.807, 2.05) is 18.7 Å². The highest BCUT2D eigenvalue weighted by atomic mass is 16.5. The molecule has 2 aromatic rings. The predicted octanol–water partition coefficient (Wildman–Crippen LogP) is 1.54. The van der Waals surface area contributed by atoms with Gasteiger partial charge in [-0.2, -0.15) is 0 Å². The zero-order valence-electron chi connectivity index (χ0n) is 14.4. The van der Waals surface area contributed by atoms with Gasteiger partial charge in [0, 0.05) is 24.5 Å². The van der Waals surface area contributed by atoms with Crippen molar-refractivity contribution in [1.82, 2.24) is 19.9 Å². The first-order chi connectivity index (χ1) is 12.0. The van der Waals surface area contributed by atoms with Crippen LogP contribution in [0.3, 0.4) is 0 Å². The van der Waals surface area contributed by atoms with E-state index >= 15 is 0 Å². The standard InChI is InChI=1S/C17H20N6O2/c1-17(2)14-15(19-5-4-18-14)23(16(17)24)11-6-10(7-11)22-12-8-21-13(25-3)9-20-12/h4-5,8-11H,6-7H2,1-3H3,(H,20,22). The molecule has 8 nitrogen and oxygen atoms in total. The van der Waals surface area contributed by atoms with Crippen LogP contribution in [0.1, 0.15) is 32.4 Å². The monoisotopic (exact) mass is 340 g/mol. The quantitative estimate of drug-likeness (QED) is 0.902. The van der Waals surface area contributed by atoms with E-state index < -0.39 is 5.41 Å². The molecule has 130 valence electrons. The normalized spacial score (nSPS) is 23.8. The fourth-order valence-electron chi connectivity index (χ4n) is 3.41. The number of carbonyl (C=O) groups is 1. The molecule has 1 fully saturated rings. The summed E-state index contributed by atoms with van der Waals surface area (Å²) in [6.07, 6.45) is 8.19. The van der Waals surface area contributed by atoms with Gasteiger partial charge in [-0.25, -0.2) is 15.0 Å². The largest absolute Gasteiger partial charge is 0.480 e. The lowest BCUT2D eigenvalue weighted by Gasteiger charge is -2.41. The maximum Gasteiger partial charge on any atom is 0.240 e. The average Bonchev–Trinajstić information content (AvgIpc) is 2.79. The minimum Gasteiger partial charge on any atom is -0.480 e. The smallest absolute Gasteiger partial charge is 0.240 e. The number of carbonyl (C=O) groups excluding carboxylic acids is 1. The van der Waals surface area contributed by atoms with Crippen molar-refractivity contribution >= 4 is 17.5 Å². The van der Waals surface area contributed by atoms with E-state index in [-0.39, 0.29) is 18.0 Å². The summed E-state index contributed by atoms with van der Waals surface area (Å²) in [7, 11) is 1.56. The van der Waals surface area contributed by atoms with Gasteiger partial charge in [0.25, 0.3) is 0 Å². The Balaban J connectivity index is 1.44. The summed E-state index contributed by atoms with van der Waals surface area (Å²) >= 11 is 0. The second kappa shape index (κ2) is 5.65. The Morgan fingerprint density at radius 1 is 1.16 bits per heavy atom. The van der Waals surface area contributed by atoms with Crippen LogP contribution in [-0.2, 0) is 10.2 Å². The first-order valence-electron chi connectivity index (χ1n) is 8.28. The number of nitrogens with zero attached hydrogens (tertiary/aromatic N) is 5. The van der Waals surface area contributed by atoms with E-state index in [1.54, 1.807) is 31.9 Å². The van der Waals surface area contributed by atoms with E-state index in [9.17, 15) is 4.79 Å². The summed E-state index contributed by atoms with van der Waals surface area (Å²) in [5.74, 6) is 1.96. The second-order valence-electron chi connectivity index (χ2n) is 6.94. The van der Waals surface area contributed by atoms with Crippen molar-refractivity contribution in [1.29, 1.82) is 0 Å². The summed E-state index contributed by atoms with van der Waals surface area (Å²) in [5.41, 5.74) is 0.140. The minimum atomic E-state index is -0.621. The number of hydrogen-bond donors (Lipinski definition) is 1. The molecule has 3 heterocycles. The van der Waals surface area contributed by atoms with Gasteiger partial charge in [0.05, 0.1) is 30.6 Å². The van der Waals surface area contributed by atoms with Gasteiger partial charge in [-0.05, 0) is 26.7 Å². The maximum atomic E-state index is 12.8. The molecule has 25 heavy (non-hydrogen) atoms. The third-order valence-electron chi connectivity index (χ3n) is 4.92. The number of nitrogens with one attached hydrogen (secondary N) is 1. The molecule has 0 atom stereocenters. The minimum absolute atomic E-state index is 0.0707. The number of fused-ring (bicyclic) bond motifs is 1. The molecule has 8 heteroatoms. The number of anilines is 2. The molecule has 1 amide bonds. The second-order valence-corrected chi connectivity index (χ2v) is 6.94. The van der Waals surface area contributed by atoms with Crippen LogP contribution in [0.25, 0.3) is 0 Å². The number of rotatable bonds is 4. The number of hydrogen-bond acceptors (Lipinski definition) is 7. The topological polar surface area (TPSA) is 93.1 Å². The van der Waals surface area contributed by atoms with Gasteiger partial charge in [0.1, 0.15) is 5.82 Å². The van der Waals surface area contributed by atoms with Crippen molar-refractivity contribution in [3.05, 3.63) is 30.5 Å². The molecule has 0 aromatic carbocycles. The molecule has 2 aromatic heterocycles. The van der Waals surface area contributed by atoms with E-state index in [2.05, 4.69) is 25.3 Å². The Bertz CT molecular complexity index is 801. The number of aromatic nitrogens is 4. The van der Waals surface area contributed by atoms with Crippen LogP contribution >= 0.6 is 0 Å². The third kappa shape index (κ3) is 2.48. The lowest BCUT2D eigenvalue weighted by Crippen LogP contribution is -2.53. The van der Waals surface area contributed by atoms with Gasteiger partial charge in [-0.1, -0.05) is 0 Å². The summed E-state index contributed by atoms with van der Waals surface area (Å²) in [6, 6.07) is 0.387. The van der Waals surface area contributed by atoms with Gasteiger partial charge in [0.15, 0.2) is 5.82 Å². The molecular formula is C17H20N6O2.